The van der Waals surface area contributed by atoms with Crippen LogP contribution in [0.5, 0.6) is 0 Å². The number of fused-ring (bicyclic) bond motifs is 1. The molecule has 24 heavy (non-hydrogen) atoms. The largest absolute Gasteiger partial charge is 0.344 e. The molecular formula is C20H20N2O2. The third-order valence-corrected chi connectivity index (χ3v) is 4.26. The van der Waals surface area contributed by atoms with Crippen molar-refractivity contribution >= 4 is 23.1 Å². The SMILES string of the molecule is CN(CCc1ccccc1)C(=O)Cn1c(C=O)cc2ccccc21. The van der Waals surface area contributed by atoms with E-state index in [1.807, 2.05) is 48.5 Å². The number of likely N-dealkylation sites (N-methyl/N-ethyl adjacent to an activating group) is 1. The van der Waals surface area contributed by atoms with Gasteiger partial charge in [-0.3, -0.25) is 9.59 Å². The Morgan fingerprint density at radius 2 is 1.79 bits per heavy atom. The molecule has 0 spiro atoms. The van der Waals surface area contributed by atoms with Crippen molar-refractivity contribution in [3.05, 3.63) is 71.9 Å². The van der Waals surface area contributed by atoms with E-state index in [-0.39, 0.29) is 12.5 Å². The Bertz CT molecular complexity index is 852. The summed E-state index contributed by atoms with van der Waals surface area (Å²) in [7, 11) is 1.80. The van der Waals surface area contributed by atoms with Gasteiger partial charge in [0, 0.05) is 24.5 Å². The van der Waals surface area contributed by atoms with Crippen molar-refractivity contribution in [1.82, 2.24) is 9.47 Å². The Morgan fingerprint density at radius 1 is 1.08 bits per heavy atom. The van der Waals surface area contributed by atoms with E-state index in [1.54, 1.807) is 16.5 Å². The van der Waals surface area contributed by atoms with Crippen LogP contribution in [0.4, 0.5) is 0 Å². The number of carbonyl (C=O) groups excluding carboxylic acids is 2. The Labute approximate surface area is 141 Å². The lowest BCUT2D eigenvalue weighted by Gasteiger charge is -2.18. The number of amides is 1. The lowest BCUT2D eigenvalue weighted by molar-refractivity contribution is -0.130. The monoisotopic (exact) mass is 320 g/mol. The molecule has 3 rings (SSSR count). The maximum atomic E-state index is 12.5. The summed E-state index contributed by atoms with van der Waals surface area (Å²) in [5.74, 6) is -0.00427. The summed E-state index contributed by atoms with van der Waals surface area (Å²) in [5.41, 5.74) is 2.64. The van der Waals surface area contributed by atoms with Gasteiger partial charge in [0.05, 0.1) is 5.69 Å². The van der Waals surface area contributed by atoms with E-state index in [4.69, 9.17) is 0 Å². The van der Waals surface area contributed by atoms with Gasteiger partial charge in [-0.15, -0.1) is 0 Å². The minimum absolute atomic E-state index is 0.00427. The molecule has 0 unspecified atom stereocenters. The standard InChI is InChI=1S/C20H20N2O2/c1-21(12-11-16-7-3-2-4-8-16)20(24)14-22-18(15-23)13-17-9-5-6-10-19(17)22/h2-10,13,15H,11-12,14H2,1H3. The molecule has 0 saturated heterocycles. The van der Waals surface area contributed by atoms with Gasteiger partial charge in [0.2, 0.25) is 5.91 Å². The van der Waals surface area contributed by atoms with Crippen LogP contribution in [0.3, 0.4) is 0 Å². The normalized spacial score (nSPS) is 10.7. The molecule has 0 fully saturated rings. The number of aromatic nitrogens is 1. The molecule has 4 heteroatoms. The van der Waals surface area contributed by atoms with E-state index in [1.165, 1.54) is 5.56 Å². The molecule has 0 N–H and O–H groups in total. The van der Waals surface area contributed by atoms with Crippen molar-refractivity contribution in [3.63, 3.8) is 0 Å². The fourth-order valence-electron chi connectivity index (χ4n) is 2.83. The zero-order valence-electron chi connectivity index (χ0n) is 13.7. The highest BCUT2D eigenvalue weighted by Crippen LogP contribution is 2.19. The van der Waals surface area contributed by atoms with E-state index < -0.39 is 0 Å². The number of hydrogen-bond donors (Lipinski definition) is 0. The smallest absolute Gasteiger partial charge is 0.242 e. The van der Waals surface area contributed by atoms with Gasteiger partial charge in [-0.2, -0.15) is 0 Å². The molecule has 3 aromatic rings. The molecule has 1 amide bonds. The zero-order valence-corrected chi connectivity index (χ0v) is 13.7. The van der Waals surface area contributed by atoms with E-state index in [0.717, 1.165) is 23.6 Å². The summed E-state index contributed by atoms with van der Waals surface area (Å²) >= 11 is 0. The van der Waals surface area contributed by atoms with Gasteiger partial charge in [-0.1, -0.05) is 48.5 Å². The van der Waals surface area contributed by atoms with Gasteiger partial charge >= 0.3 is 0 Å². The summed E-state index contributed by atoms with van der Waals surface area (Å²) in [6.07, 6.45) is 1.62. The molecule has 1 heterocycles. The fraction of sp³-hybridized carbons (Fsp3) is 0.200. The average Bonchev–Trinajstić information content (AvgIpc) is 2.98. The Morgan fingerprint density at radius 3 is 2.54 bits per heavy atom. The van der Waals surface area contributed by atoms with E-state index in [0.29, 0.717) is 12.2 Å². The number of para-hydroxylation sites is 1. The summed E-state index contributed by atoms with van der Waals surface area (Å²) in [6, 6.07) is 19.6. The minimum atomic E-state index is -0.00427. The molecule has 0 aliphatic heterocycles. The van der Waals surface area contributed by atoms with Crippen molar-refractivity contribution in [2.45, 2.75) is 13.0 Å². The van der Waals surface area contributed by atoms with Crippen molar-refractivity contribution in [2.75, 3.05) is 13.6 Å². The zero-order chi connectivity index (χ0) is 16.9. The Hall–Kier alpha value is -2.88. The van der Waals surface area contributed by atoms with Crippen molar-refractivity contribution in [2.24, 2.45) is 0 Å². The molecular weight excluding hydrogens is 300 g/mol. The van der Waals surface area contributed by atoms with Crippen LogP contribution in [-0.4, -0.2) is 35.3 Å². The second-order valence-electron chi connectivity index (χ2n) is 5.88. The topological polar surface area (TPSA) is 42.3 Å². The van der Waals surface area contributed by atoms with E-state index in [9.17, 15) is 9.59 Å². The van der Waals surface area contributed by atoms with E-state index >= 15 is 0 Å². The lowest BCUT2D eigenvalue weighted by Crippen LogP contribution is -2.32. The van der Waals surface area contributed by atoms with Crippen molar-refractivity contribution < 1.29 is 9.59 Å². The molecule has 122 valence electrons. The molecule has 4 nitrogen and oxygen atoms in total. The second kappa shape index (κ2) is 7.13. The third-order valence-electron chi connectivity index (χ3n) is 4.26. The number of aldehydes is 1. The predicted octanol–water partition coefficient (Wildman–Crippen LogP) is 3.15. The van der Waals surface area contributed by atoms with Crippen LogP contribution in [0.2, 0.25) is 0 Å². The van der Waals surface area contributed by atoms with Crippen LogP contribution in [-0.2, 0) is 17.8 Å². The van der Waals surface area contributed by atoms with Crippen LogP contribution >= 0.6 is 0 Å². The Balaban J connectivity index is 1.71. The molecule has 0 radical (unpaired) electrons. The molecule has 0 aliphatic carbocycles. The molecule has 0 bridgehead atoms. The number of benzene rings is 2. The first kappa shape index (κ1) is 16.0. The van der Waals surface area contributed by atoms with Crippen molar-refractivity contribution in [3.8, 4) is 0 Å². The van der Waals surface area contributed by atoms with Crippen LogP contribution in [0, 0.1) is 0 Å². The van der Waals surface area contributed by atoms with Gasteiger partial charge in [-0.25, -0.2) is 0 Å². The summed E-state index contributed by atoms with van der Waals surface area (Å²) < 4.78 is 1.78. The maximum Gasteiger partial charge on any atom is 0.242 e. The maximum absolute atomic E-state index is 12.5. The average molecular weight is 320 g/mol. The first-order valence-electron chi connectivity index (χ1n) is 8.00. The third kappa shape index (κ3) is 3.38. The molecule has 2 aromatic carbocycles. The number of hydrogen-bond acceptors (Lipinski definition) is 2. The van der Waals surface area contributed by atoms with Gasteiger partial charge in [0.1, 0.15) is 6.54 Å². The highest BCUT2D eigenvalue weighted by atomic mass is 16.2. The van der Waals surface area contributed by atoms with Crippen LogP contribution in [0.1, 0.15) is 16.1 Å². The quantitative estimate of drug-likeness (QED) is 0.655. The van der Waals surface area contributed by atoms with Crippen LogP contribution in [0.25, 0.3) is 10.9 Å². The van der Waals surface area contributed by atoms with Crippen LogP contribution in [0.15, 0.2) is 60.7 Å². The molecule has 1 aromatic heterocycles. The first-order valence-corrected chi connectivity index (χ1v) is 8.00. The molecule has 0 aliphatic rings. The van der Waals surface area contributed by atoms with Gasteiger partial charge < -0.3 is 9.47 Å². The molecule has 0 saturated carbocycles. The highest BCUT2D eigenvalue weighted by Gasteiger charge is 2.14. The minimum Gasteiger partial charge on any atom is -0.344 e. The summed E-state index contributed by atoms with van der Waals surface area (Å²) in [6.45, 7) is 0.825. The summed E-state index contributed by atoms with van der Waals surface area (Å²) in [4.78, 5) is 25.6. The lowest BCUT2D eigenvalue weighted by atomic mass is 10.1. The van der Waals surface area contributed by atoms with Crippen LogP contribution < -0.4 is 0 Å². The van der Waals surface area contributed by atoms with E-state index in [2.05, 4.69) is 12.1 Å². The Kier molecular flexibility index (Phi) is 4.75. The van der Waals surface area contributed by atoms with Gasteiger partial charge in [0.15, 0.2) is 6.29 Å². The first-order chi connectivity index (χ1) is 11.7. The number of rotatable bonds is 6. The van der Waals surface area contributed by atoms with Gasteiger partial charge in [-0.05, 0) is 24.1 Å². The number of carbonyl (C=O) groups is 2. The predicted molar refractivity (Wildman–Crippen MR) is 95.1 cm³/mol. The van der Waals surface area contributed by atoms with Gasteiger partial charge in [0.25, 0.3) is 0 Å². The second-order valence-corrected chi connectivity index (χ2v) is 5.88. The van der Waals surface area contributed by atoms with Crippen molar-refractivity contribution in [1.29, 1.82) is 0 Å². The molecule has 0 atom stereocenters. The summed E-state index contributed by atoms with van der Waals surface area (Å²) in [5, 5.41) is 0.972. The number of nitrogens with zero attached hydrogens (tertiary/aromatic N) is 2. The fourth-order valence-corrected chi connectivity index (χ4v) is 2.83. The highest BCUT2D eigenvalue weighted by molar-refractivity contribution is 5.90.